The van der Waals surface area contributed by atoms with Crippen LogP contribution in [0.25, 0.3) is 0 Å². The van der Waals surface area contributed by atoms with Gasteiger partial charge in [0.1, 0.15) is 0 Å². The Morgan fingerprint density at radius 3 is 2.73 bits per heavy atom. The molecule has 1 rings (SSSR count). The van der Waals surface area contributed by atoms with Crippen LogP contribution < -0.4 is 4.74 Å². The molecule has 0 saturated carbocycles. The summed E-state index contributed by atoms with van der Waals surface area (Å²) in [7, 11) is 1.55. The second-order valence-electron chi connectivity index (χ2n) is 3.37. The van der Waals surface area contributed by atoms with Crippen LogP contribution in [0.3, 0.4) is 0 Å². The summed E-state index contributed by atoms with van der Waals surface area (Å²) in [6.07, 6.45) is 1.88. The van der Waals surface area contributed by atoms with Gasteiger partial charge in [0, 0.05) is 6.61 Å². The quantitative estimate of drug-likeness (QED) is 0.732. The Labute approximate surface area is 90.6 Å². The van der Waals surface area contributed by atoms with Gasteiger partial charge in [-0.3, -0.25) is 0 Å². The zero-order valence-corrected chi connectivity index (χ0v) is 9.32. The zero-order valence-electron chi connectivity index (χ0n) is 9.32. The van der Waals surface area contributed by atoms with Crippen LogP contribution in [0.1, 0.15) is 18.9 Å². The Morgan fingerprint density at radius 1 is 1.27 bits per heavy atom. The standard InChI is InChI=1S/C12H18O3/c1-3-7-15-8-6-10-4-5-11(13)12(9-10)14-2/h4-5,9,13H,3,6-8H2,1-2H3. The Balaban J connectivity index is 2.47. The molecule has 1 aromatic rings. The lowest BCUT2D eigenvalue weighted by Crippen LogP contribution is -1.99. The summed E-state index contributed by atoms with van der Waals surface area (Å²) in [5.41, 5.74) is 1.11. The molecule has 1 N–H and O–H groups in total. The minimum atomic E-state index is 0.177. The molecule has 0 atom stereocenters. The van der Waals surface area contributed by atoms with Crippen molar-refractivity contribution in [3.8, 4) is 11.5 Å². The summed E-state index contributed by atoms with van der Waals surface area (Å²) < 4.78 is 10.4. The van der Waals surface area contributed by atoms with Crippen LogP contribution in [-0.4, -0.2) is 25.4 Å². The molecule has 0 saturated heterocycles. The van der Waals surface area contributed by atoms with Crippen LogP contribution in [-0.2, 0) is 11.2 Å². The van der Waals surface area contributed by atoms with Crippen LogP contribution in [0.5, 0.6) is 11.5 Å². The maximum Gasteiger partial charge on any atom is 0.160 e. The molecule has 0 amide bonds. The Bertz CT molecular complexity index is 297. The Morgan fingerprint density at radius 2 is 2.07 bits per heavy atom. The summed E-state index contributed by atoms with van der Waals surface area (Å²) in [6, 6.07) is 5.37. The normalized spacial score (nSPS) is 10.3. The number of hydrogen-bond donors (Lipinski definition) is 1. The first-order valence-electron chi connectivity index (χ1n) is 5.21. The predicted octanol–water partition coefficient (Wildman–Crippen LogP) is 2.37. The lowest BCUT2D eigenvalue weighted by molar-refractivity contribution is 0.138. The lowest BCUT2D eigenvalue weighted by Gasteiger charge is -2.06. The molecule has 3 heteroatoms. The third-order valence-electron chi connectivity index (χ3n) is 2.13. The summed E-state index contributed by atoms with van der Waals surface area (Å²) in [4.78, 5) is 0. The van der Waals surface area contributed by atoms with Crippen molar-refractivity contribution in [2.24, 2.45) is 0 Å². The summed E-state index contributed by atoms with van der Waals surface area (Å²) in [5.74, 6) is 0.693. The Kier molecular flexibility index (Phi) is 4.98. The van der Waals surface area contributed by atoms with Gasteiger partial charge in [0.15, 0.2) is 11.5 Å². The van der Waals surface area contributed by atoms with Crippen LogP contribution in [0.4, 0.5) is 0 Å². The molecule has 0 spiro atoms. The van der Waals surface area contributed by atoms with Crippen LogP contribution in [0.2, 0.25) is 0 Å². The van der Waals surface area contributed by atoms with E-state index in [1.165, 1.54) is 0 Å². The van der Waals surface area contributed by atoms with Gasteiger partial charge in [0.2, 0.25) is 0 Å². The van der Waals surface area contributed by atoms with Gasteiger partial charge >= 0.3 is 0 Å². The predicted molar refractivity (Wildman–Crippen MR) is 59.5 cm³/mol. The zero-order chi connectivity index (χ0) is 11.1. The molecule has 1 aromatic carbocycles. The van der Waals surface area contributed by atoms with Crippen molar-refractivity contribution in [1.82, 2.24) is 0 Å². The highest BCUT2D eigenvalue weighted by molar-refractivity contribution is 5.41. The van der Waals surface area contributed by atoms with Gasteiger partial charge in [-0.05, 0) is 30.5 Å². The van der Waals surface area contributed by atoms with E-state index >= 15 is 0 Å². The molecule has 0 aromatic heterocycles. The largest absolute Gasteiger partial charge is 0.504 e. The van der Waals surface area contributed by atoms with E-state index in [0.717, 1.165) is 25.0 Å². The molecule has 0 aliphatic rings. The smallest absolute Gasteiger partial charge is 0.160 e. The van der Waals surface area contributed by atoms with Gasteiger partial charge in [-0.1, -0.05) is 13.0 Å². The molecule has 0 aliphatic carbocycles. The third kappa shape index (κ3) is 3.80. The van der Waals surface area contributed by atoms with E-state index in [1.807, 2.05) is 12.1 Å². The number of phenols is 1. The SMILES string of the molecule is CCCOCCc1ccc(O)c(OC)c1. The van der Waals surface area contributed by atoms with E-state index in [0.29, 0.717) is 12.4 Å². The van der Waals surface area contributed by atoms with Crippen LogP contribution >= 0.6 is 0 Å². The van der Waals surface area contributed by atoms with E-state index in [9.17, 15) is 5.11 Å². The third-order valence-corrected chi connectivity index (χ3v) is 2.13. The van der Waals surface area contributed by atoms with E-state index < -0.39 is 0 Å². The molecule has 0 unspecified atom stereocenters. The van der Waals surface area contributed by atoms with Gasteiger partial charge < -0.3 is 14.6 Å². The molecule has 0 radical (unpaired) electrons. The molecule has 0 heterocycles. The van der Waals surface area contributed by atoms with E-state index in [4.69, 9.17) is 9.47 Å². The van der Waals surface area contributed by atoms with Crippen LogP contribution in [0.15, 0.2) is 18.2 Å². The topological polar surface area (TPSA) is 38.7 Å². The fraction of sp³-hybridized carbons (Fsp3) is 0.500. The molecule has 0 fully saturated rings. The summed E-state index contributed by atoms with van der Waals surface area (Å²) >= 11 is 0. The van der Waals surface area contributed by atoms with Crippen LogP contribution in [0, 0.1) is 0 Å². The van der Waals surface area contributed by atoms with E-state index in [2.05, 4.69) is 6.92 Å². The molecular formula is C12H18O3. The van der Waals surface area contributed by atoms with Crippen molar-refractivity contribution in [1.29, 1.82) is 0 Å². The fourth-order valence-electron chi connectivity index (χ4n) is 1.31. The average Bonchev–Trinajstić information content (AvgIpc) is 2.26. The van der Waals surface area contributed by atoms with Crippen molar-refractivity contribution >= 4 is 0 Å². The highest BCUT2D eigenvalue weighted by atomic mass is 16.5. The van der Waals surface area contributed by atoms with Crippen molar-refractivity contribution in [2.75, 3.05) is 20.3 Å². The van der Waals surface area contributed by atoms with Gasteiger partial charge in [0.05, 0.1) is 13.7 Å². The number of methoxy groups -OCH3 is 1. The lowest BCUT2D eigenvalue weighted by atomic mass is 10.1. The molecule has 84 valence electrons. The highest BCUT2D eigenvalue weighted by Crippen LogP contribution is 2.26. The number of ether oxygens (including phenoxy) is 2. The second-order valence-corrected chi connectivity index (χ2v) is 3.37. The number of phenolic OH excluding ortho intramolecular Hbond substituents is 1. The van der Waals surface area contributed by atoms with Gasteiger partial charge in [-0.15, -0.1) is 0 Å². The number of aromatic hydroxyl groups is 1. The van der Waals surface area contributed by atoms with E-state index in [1.54, 1.807) is 13.2 Å². The molecular weight excluding hydrogens is 192 g/mol. The number of rotatable bonds is 6. The molecule has 0 bridgehead atoms. The summed E-state index contributed by atoms with van der Waals surface area (Å²) in [6.45, 7) is 3.60. The molecule has 15 heavy (non-hydrogen) atoms. The number of benzene rings is 1. The minimum absolute atomic E-state index is 0.177. The van der Waals surface area contributed by atoms with Gasteiger partial charge in [-0.25, -0.2) is 0 Å². The van der Waals surface area contributed by atoms with Gasteiger partial charge in [-0.2, -0.15) is 0 Å². The maximum atomic E-state index is 9.39. The van der Waals surface area contributed by atoms with Gasteiger partial charge in [0.25, 0.3) is 0 Å². The van der Waals surface area contributed by atoms with Crippen molar-refractivity contribution in [3.63, 3.8) is 0 Å². The first-order valence-corrected chi connectivity index (χ1v) is 5.21. The first-order chi connectivity index (χ1) is 7.27. The second kappa shape index (κ2) is 6.30. The highest BCUT2D eigenvalue weighted by Gasteiger charge is 2.02. The first kappa shape index (κ1) is 11.9. The van der Waals surface area contributed by atoms with E-state index in [-0.39, 0.29) is 5.75 Å². The molecule has 0 aliphatic heterocycles. The monoisotopic (exact) mass is 210 g/mol. The Hall–Kier alpha value is -1.22. The van der Waals surface area contributed by atoms with Crippen molar-refractivity contribution < 1.29 is 14.6 Å². The van der Waals surface area contributed by atoms with Crippen molar-refractivity contribution in [2.45, 2.75) is 19.8 Å². The molecule has 3 nitrogen and oxygen atoms in total. The number of hydrogen-bond acceptors (Lipinski definition) is 3. The van der Waals surface area contributed by atoms with Crippen molar-refractivity contribution in [3.05, 3.63) is 23.8 Å². The maximum absolute atomic E-state index is 9.39. The summed E-state index contributed by atoms with van der Waals surface area (Å²) in [5, 5.41) is 9.39. The average molecular weight is 210 g/mol. The fourth-order valence-corrected chi connectivity index (χ4v) is 1.31. The minimum Gasteiger partial charge on any atom is -0.504 e.